The summed E-state index contributed by atoms with van der Waals surface area (Å²) in [4.78, 5) is 27.6. The summed E-state index contributed by atoms with van der Waals surface area (Å²) in [5.41, 5.74) is 0.572. The number of benzene rings is 1. The van der Waals surface area contributed by atoms with E-state index in [9.17, 15) is 18.0 Å². The van der Waals surface area contributed by atoms with Crippen LogP contribution in [0.3, 0.4) is 0 Å². The number of carbonyl (C=O) groups is 2. The first-order valence-electron chi connectivity index (χ1n) is 9.24. The summed E-state index contributed by atoms with van der Waals surface area (Å²) in [6.07, 6.45) is 1.79. The van der Waals surface area contributed by atoms with Crippen LogP contribution in [0.4, 0.5) is 5.69 Å². The van der Waals surface area contributed by atoms with Crippen molar-refractivity contribution in [2.75, 3.05) is 51.1 Å². The molecule has 148 valence electrons. The van der Waals surface area contributed by atoms with Crippen LogP contribution in [0.5, 0.6) is 0 Å². The number of carbonyl (C=O) groups excluding carboxylic acids is 2. The molecule has 2 saturated heterocycles. The van der Waals surface area contributed by atoms with Crippen LogP contribution in [0.25, 0.3) is 0 Å². The van der Waals surface area contributed by atoms with E-state index in [1.807, 2.05) is 4.90 Å². The lowest BCUT2D eigenvalue weighted by Gasteiger charge is -2.33. The number of hydrogen-bond donors (Lipinski definition) is 1. The van der Waals surface area contributed by atoms with Gasteiger partial charge < -0.3 is 10.2 Å². The molecule has 2 aliphatic heterocycles. The minimum atomic E-state index is -3.44. The predicted octanol–water partition coefficient (Wildman–Crippen LogP) is 0.574. The minimum absolute atomic E-state index is 0.0584. The average Bonchev–Trinajstić information content (AvgIpc) is 3.18. The fourth-order valence-corrected chi connectivity index (χ4v) is 4.93. The molecule has 8 nitrogen and oxygen atoms in total. The van der Waals surface area contributed by atoms with Gasteiger partial charge in [0.25, 0.3) is 0 Å². The van der Waals surface area contributed by atoms with Gasteiger partial charge >= 0.3 is 0 Å². The minimum Gasteiger partial charge on any atom is -0.340 e. The molecular weight excluding hydrogens is 368 g/mol. The second kappa shape index (κ2) is 8.37. The molecule has 0 aromatic heterocycles. The van der Waals surface area contributed by atoms with Crippen molar-refractivity contribution in [3.8, 4) is 0 Å². The first-order valence-corrected chi connectivity index (χ1v) is 10.7. The zero-order valence-corrected chi connectivity index (χ0v) is 16.4. The highest BCUT2D eigenvalue weighted by Crippen LogP contribution is 2.22. The lowest BCUT2D eigenvalue weighted by atomic mass is 10.3. The number of nitrogens with zero attached hydrogens (tertiary/aromatic N) is 3. The Bertz CT molecular complexity index is 780. The summed E-state index contributed by atoms with van der Waals surface area (Å²) in [6.45, 7) is 5.53. The van der Waals surface area contributed by atoms with E-state index in [-0.39, 0.29) is 23.3 Å². The fraction of sp³-hybridized carbons (Fsp3) is 0.556. The van der Waals surface area contributed by atoms with Gasteiger partial charge in [0.1, 0.15) is 0 Å². The monoisotopic (exact) mass is 394 g/mol. The first kappa shape index (κ1) is 19.8. The topological polar surface area (TPSA) is 90.0 Å². The Morgan fingerprint density at radius 3 is 2.11 bits per heavy atom. The SMILES string of the molecule is CC(=O)N1CCN(CC(=O)Nc2ccc(S(=O)(=O)N3CCCC3)cc2)CC1. The number of piperazine rings is 1. The molecule has 2 heterocycles. The largest absolute Gasteiger partial charge is 0.340 e. The third kappa shape index (κ3) is 4.85. The van der Waals surface area contributed by atoms with Gasteiger partial charge in [0.05, 0.1) is 11.4 Å². The van der Waals surface area contributed by atoms with Crippen molar-refractivity contribution in [2.24, 2.45) is 0 Å². The molecule has 1 aromatic carbocycles. The third-order valence-corrected chi connectivity index (χ3v) is 6.94. The quantitative estimate of drug-likeness (QED) is 0.789. The lowest BCUT2D eigenvalue weighted by molar-refractivity contribution is -0.130. The van der Waals surface area contributed by atoms with Crippen LogP contribution in [-0.4, -0.2) is 80.2 Å². The molecule has 0 aliphatic carbocycles. The number of nitrogens with one attached hydrogen (secondary N) is 1. The van der Waals surface area contributed by atoms with Gasteiger partial charge in [-0.1, -0.05) is 0 Å². The molecule has 3 rings (SSSR count). The molecule has 0 saturated carbocycles. The normalized spacial score (nSPS) is 19.2. The van der Waals surface area contributed by atoms with Gasteiger partial charge in [0.2, 0.25) is 21.8 Å². The van der Waals surface area contributed by atoms with E-state index in [1.54, 1.807) is 24.0 Å². The van der Waals surface area contributed by atoms with Gasteiger partial charge in [-0.2, -0.15) is 4.31 Å². The standard InChI is InChI=1S/C18H26N4O4S/c1-15(23)21-12-10-20(11-13-21)14-18(24)19-16-4-6-17(7-5-16)27(25,26)22-8-2-3-9-22/h4-7H,2-3,8-14H2,1H3,(H,19,24). The molecule has 9 heteroatoms. The Morgan fingerprint density at radius 1 is 0.963 bits per heavy atom. The molecule has 0 unspecified atom stereocenters. The average molecular weight is 394 g/mol. The molecular formula is C18H26N4O4S. The Morgan fingerprint density at radius 2 is 1.56 bits per heavy atom. The van der Waals surface area contributed by atoms with Gasteiger partial charge in [-0.3, -0.25) is 14.5 Å². The van der Waals surface area contributed by atoms with Crippen LogP contribution in [0.15, 0.2) is 29.2 Å². The van der Waals surface area contributed by atoms with Gasteiger partial charge in [0, 0.05) is 51.9 Å². The first-order chi connectivity index (χ1) is 12.9. The Labute approximate surface area is 160 Å². The molecule has 1 N–H and O–H groups in total. The van der Waals surface area contributed by atoms with Crippen molar-refractivity contribution in [3.63, 3.8) is 0 Å². The number of hydrogen-bond acceptors (Lipinski definition) is 5. The smallest absolute Gasteiger partial charge is 0.243 e. The third-order valence-electron chi connectivity index (χ3n) is 5.03. The molecule has 0 bridgehead atoms. The van der Waals surface area contributed by atoms with Gasteiger partial charge in [0.15, 0.2) is 0 Å². The zero-order valence-electron chi connectivity index (χ0n) is 15.6. The van der Waals surface area contributed by atoms with Crippen molar-refractivity contribution in [2.45, 2.75) is 24.7 Å². The summed E-state index contributed by atoms with van der Waals surface area (Å²) in [5.74, 6) is -0.0931. The molecule has 0 radical (unpaired) electrons. The summed E-state index contributed by atoms with van der Waals surface area (Å²) in [7, 11) is -3.44. The van der Waals surface area contributed by atoms with E-state index in [0.29, 0.717) is 45.0 Å². The van der Waals surface area contributed by atoms with Gasteiger partial charge in [-0.05, 0) is 37.1 Å². The maximum Gasteiger partial charge on any atom is 0.243 e. The van der Waals surface area contributed by atoms with E-state index in [2.05, 4.69) is 5.32 Å². The molecule has 2 fully saturated rings. The van der Waals surface area contributed by atoms with Crippen molar-refractivity contribution in [1.29, 1.82) is 0 Å². The second-order valence-corrected chi connectivity index (χ2v) is 8.90. The molecule has 0 spiro atoms. The number of anilines is 1. The van der Waals surface area contributed by atoms with Crippen LogP contribution in [0.2, 0.25) is 0 Å². The Hall–Kier alpha value is -1.97. The maximum atomic E-state index is 12.5. The summed E-state index contributed by atoms with van der Waals surface area (Å²) >= 11 is 0. The summed E-state index contributed by atoms with van der Waals surface area (Å²) < 4.78 is 26.5. The second-order valence-electron chi connectivity index (χ2n) is 6.97. The van der Waals surface area contributed by atoms with Crippen LogP contribution >= 0.6 is 0 Å². The predicted molar refractivity (Wildman–Crippen MR) is 102 cm³/mol. The van der Waals surface area contributed by atoms with Crippen LogP contribution in [0, 0.1) is 0 Å². The molecule has 1 aromatic rings. The van der Waals surface area contributed by atoms with Crippen molar-refractivity contribution >= 4 is 27.5 Å². The van der Waals surface area contributed by atoms with Crippen LogP contribution in [0.1, 0.15) is 19.8 Å². The van der Waals surface area contributed by atoms with E-state index in [0.717, 1.165) is 12.8 Å². The van der Waals surface area contributed by atoms with Crippen molar-refractivity contribution in [1.82, 2.24) is 14.1 Å². The van der Waals surface area contributed by atoms with Crippen LogP contribution < -0.4 is 5.32 Å². The highest BCUT2D eigenvalue weighted by Gasteiger charge is 2.27. The number of amides is 2. The van der Waals surface area contributed by atoms with E-state index in [1.165, 1.54) is 16.4 Å². The van der Waals surface area contributed by atoms with E-state index >= 15 is 0 Å². The molecule has 2 amide bonds. The number of rotatable bonds is 5. The Balaban J connectivity index is 1.52. The van der Waals surface area contributed by atoms with E-state index < -0.39 is 10.0 Å². The number of sulfonamides is 1. The maximum absolute atomic E-state index is 12.5. The summed E-state index contributed by atoms with van der Waals surface area (Å²) in [6, 6.07) is 6.31. The van der Waals surface area contributed by atoms with Crippen molar-refractivity contribution < 1.29 is 18.0 Å². The molecule has 27 heavy (non-hydrogen) atoms. The molecule has 2 aliphatic rings. The lowest BCUT2D eigenvalue weighted by Crippen LogP contribution is -2.49. The summed E-state index contributed by atoms with van der Waals surface area (Å²) in [5, 5.41) is 2.80. The zero-order chi connectivity index (χ0) is 19.4. The fourth-order valence-electron chi connectivity index (χ4n) is 3.41. The molecule has 0 atom stereocenters. The van der Waals surface area contributed by atoms with Gasteiger partial charge in [-0.25, -0.2) is 8.42 Å². The van der Waals surface area contributed by atoms with Crippen molar-refractivity contribution in [3.05, 3.63) is 24.3 Å². The highest BCUT2D eigenvalue weighted by molar-refractivity contribution is 7.89. The Kier molecular flexibility index (Phi) is 6.13. The highest BCUT2D eigenvalue weighted by atomic mass is 32.2. The van der Waals surface area contributed by atoms with E-state index in [4.69, 9.17) is 0 Å². The van der Waals surface area contributed by atoms with Gasteiger partial charge in [-0.15, -0.1) is 0 Å². The van der Waals surface area contributed by atoms with Crippen LogP contribution in [-0.2, 0) is 19.6 Å².